The summed E-state index contributed by atoms with van der Waals surface area (Å²) in [5.41, 5.74) is -1.21. The lowest BCUT2D eigenvalue weighted by atomic mass is 9.64. The van der Waals surface area contributed by atoms with Crippen LogP contribution in [0.1, 0.15) is 46.6 Å². The zero-order valence-electron chi connectivity index (χ0n) is 21.9. The number of aromatic hydroxyl groups is 1. The predicted octanol–water partition coefficient (Wildman–Crippen LogP) is 4.80. The Morgan fingerprint density at radius 2 is 1.83 bits per heavy atom. The van der Waals surface area contributed by atoms with Crippen molar-refractivity contribution in [3.05, 3.63) is 53.6 Å². The summed E-state index contributed by atoms with van der Waals surface area (Å²) >= 11 is 0. The SMILES string of the molecule is COc1cc(/C=C/C(OC)(OC)C(C)(C)C(=O)/C=C/[C@@]2(C)C=C(C#N)C(O)C(C)(C)C2)ccc1O. The molecule has 0 fully saturated rings. The highest BCUT2D eigenvalue weighted by Gasteiger charge is 2.49. The first kappa shape index (κ1) is 28.3. The van der Waals surface area contributed by atoms with E-state index in [1.807, 2.05) is 20.8 Å². The van der Waals surface area contributed by atoms with E-state index in [4.69, 9.17) is 14.2 Å². The van der Waals surface area contributed by atoms with Crippen LogP contribution in [-0.2, 0) is 14.3 Å². The summed E-state index contributed by atoms with van der Waals surface area (Å²) in [6.45, 7) is 9.23. The maximum absolute atomic E-state index is 13.5. The number of methoxy groups -OCH3 is 3. The molecule has 1 aliphatic carbocycles. The van der Waals surface area contributed by atoms with Crippen molar-refractivity contribution in [3.63, 3.8) is 0 Å². The molecule has 0 aromatic heterocycles. The number of carbonyl (C=O) groups is 1. The largest absolute Gasteiger partial charge is 0.504 e. The fourth-order valence-corrected chi connectivity index (χ4v) is 4.77. The van der Waals surface area contributed by atoms with Gasteiger partial charge >= 0.3 is 0 Å². The van der Waals surface area contributed by atoms with Crippen molar-refractivity contribution in [1.82, 2.24) is 0 Å². The normalized spacial score (nSPS) is 22.7. The molecule has 1 aromatic carbocycles. The average molecular weight is 484 g/mol. The monoisotopic (exact) mass is 483 g/mol. The van der Waals surface area contributed by atoms with Gasteiger partial charge in [0.25, 0.3) is 0 Å². The van der Waals surface area contributed by atoms with E-state index >= 15 is 0 Å². The van der Waals surface area contributed by atoms with Gasteiger partial charge in [-0.3, -0.25) is 4.79 Å². The smallest absolute Gasteiger partial charge is 0.200 e. The van der Waals surface area contributed by atoms with E-state index in [1.165, 1.54) is 33.5 Å². The number of aliphatic hydroxyl groups excluding tert-OH is 1. The number of ketones is 1. The van der Waals surface area contributed by atoms with E-state index in [0.717, 1.165) is 5.56 Å². The van der Waals surface area contributed by atoms with Crippen molar-refractivity contribution >= 4 is 11.9 Å². The van der Waals surface area contributed by atoms with E-state index in [9.17, 15) is 20.3 Å². The molecule has 0 spiro atoms. The number of nitriles is 1. The molecule has 2 atom stereocenters. The third kappa shape index (κ3) is 5.67. The maximum atomic E-state index is 13.5. The molecule has 1 unspecified atom stereocenters. The van der Waals surface area contributed by atoms with Gasteiger partial charge in [-0.2, -0.15) is 5.26 Å². The summed E-state index contributed by atoms with van der Waals surface area (Å²) in [7, 11) is 4.41. The molecular formula is C28H37NO6. The summed E-state index contributed by atoms with van der Waals surface area (Å²) in [5.74, 6) is -1.28. The van der Waals surface area contributed by atoms with Crippen molar-refractivity contribution < 1.29 is 29.2 Å². The average Bonchev–Trinajstić information content (AvgIpc) is 2.81. The van der Waals surface area contributed by atoms with Crippen molar-refractivity contribution in [3.8, 4) is 17.6 Å². The maximum Gasteiger partial charge on any atom is 0.200 e. The molecule has 0 heterocycles. The van der Waals surface area contributed by atoms with E-state index in [0.29, 0.717) is 17.7 Å². The van der Waals surface area contributed by atoms with E-state index in [1.54, 1.807) is 50.3 Å². The predicted molar refractivity (Wildman–Crippen MR) is 135 cm³/mol. The van der Waals surface area contributed by atoms with Crippen LogP contribution < -0.4 is 4.74 Å². The number of phenols is 1. The highest BCUT2D eigenvalue weighted by molar-refractivity contribution is 5.95. The van der Waals surface area contributed by atoms with Gasteiger partial charge in [-0.1, -0.05) is 45.1 Å². The molecule has 7 nitrogen and oxygen atoms in total. The molecule has 190 valence electrons. The summed E-state index contributed by atoms with van der Waals surface area (Å²) in [4.78, 5) is 13.5. The van der Waals surface area contributed by atoms with E-state index in [-0.39, 0.29) is 11.5 Å². The summed E-state index contributed by atoms with van der Waals surface area (Å²) < 4.78 is 16.6. The van der Waals surface area contributed by atoms with Gasteiger partial charge in [0.15, 0.2) is 23.1 Å². The van der Waals surface area contributed by atoms with Gasteiger partial charge in [0, 0.05) is 19.6 Å². The molecule has 1 aliphatic rings. The van der Waals surface area contributed by atoms with Gasteiger partial charge in [-0.15, -0.1) is 0 Å². The topological polar surface area (TPSA) is 109 Å². The minimum atomic E-state index is -1.39. The number of benzene rings is 1. The number of hydrogen-bond donors (Lipinski definition) is 2. The summed E-state index contributed by atoms with van der Waals surface area (Å²) in [5, 5.41) is 29.8. The lowest BCUT2D eigenvalue weighted by Crippen LogP contribution is -2.50. The van der Waals surface area contributed by atoms with Crippen molar-refractivity contribution in [2.45, 2.75) is 52.9 Å². The van der Waals surface area contributed by atoms with Crippen LogP contribution in [0.5, 0.6) is 11.5 Å². The van der Waals surface area contributed by atoms with Crippen LogP contribution in [0, 0.1) is 27.6 Å². The van der Waals surface area contributed by atoms with Gasteiger partial charge < -0.3 is 24.4 Å². The van der Waals surface area contributed by atoms with Crippen LogP contribution >= 0.6 is 0 Å². The number of rotatable bonds is 9. The molecule has 1 aromatic rings. The lowest BCUT2D eigenvalue weighted by molar-refractivity contribution is -0.227. The zero-order valence-corrected chi connectivity index (χ0v) is 21.9. The Hall–Kier alpha value is -2.92. The van der Waals surface area contributed by atoms with Crippen LogP contribution in [0.4, 0.5) is 0 Å². The van der Waals surface area contributed by atoms with Crippen LogP contribution in [-0.4, -0.2) is 49.2 Å². The molecule has 0 radical (unpaired) electrons. The van der Waals surface area contributed by atoms with Gasteiger partial charge in [-0.25, -0.2) is 0 Å². The first-order chi connectivity index (χ1) is 16.2. The van der Waals surface area contributed by atoms with Crippen LogP contribution in [0.15, 0.2) is 48.1 Å². The molecule has 2 rings (SSSR count). The molecule has 35 heavy (non-hydrogen) atoms. The molecule has 0 bridgehead atoms. The second-order valence-corrected chi connectivity index (χ2v) is 10.4. The first-order valence-corrected chi connectivity index (χ1v) is 11.4. The second-order valence-electron chi connectivity index (χ2n) is 10.4. The fraction of sp³-hybridized carbons (Fsp3) is 0.500. The standard InChI is InChI=1S/C28H37NO6/c1-25(2)18-27(5,16-20(17-29)24(25)32)13-12-23(31)26(3,4)28(34-7,35-8)14-11-19-9-10-21(30)22(15-19)33-6/h9-16,24,30,32H,18H2,1-8H3/b13-12+,14-11+/t24?,27-/m0/s1. The van der Waals surface area contributed by atoms with E-state index in [2.05, 4.69) is 6.07 Å². The van der Waals surface area contributed by atoms with Gasteiger partial charge in [0.1, 0.15) is 0 Å². The minimum Gasteiger partial charge on any atom is -0.504 e. The molecule has 2 N–H and O–H groups in total. The Morgan fingerprint density at radius 3 is 2.37 bits per heavy atom. The zero-order chi connectivity index (χ0) is 26.7. The van der Waals surface area contributed by atoms with Crippen molar-refractivity contribution in [2.75, 3.05) is 21.3 Å². The van der Waals surface area contributed by atoms with Crippen molar-refractivity contribution in [1.29, 1.82) is 5.26 Å². The molecule has 0 saturated heterocycles. The third-order valence-corrected chi connectivity index (χ3v) is 6.89. The van der Waals surface area contributed by atoms with Gasteiger partial charge in [0.05, 0.1) is 30.3 Å². The fourth-order valence-electron chi connectivity index (χ4n) is 4.77. The van der Waals surface area contributed by atoms with E-state index < -0.39 is 28.1 Å². The van der Waals surface area contributed by atoms with Crippen LogP contribution in [0.25, 0.3) is 6.08 Å². The Kier molecular flexibility index (Phi) is 8.39. The Morgan fingerprint density at radius 1 is 1.20 bits per heavy atom. The molecule has 0 aliphatic heterocycles. The number of nitrogens with zero attached hydrogens (tertiary/aromatic N) is 1. The number of allylic oxidation sites excluding steroid dienone is 3. The van der Waals surface area contributed by atoms with Crippen LogP contribution in [0.3, 0.4) is 0 Å². The highest BCUT2D eigenvalue weighted by atomic mass is 16.7. The van der Waals surface area contributed by atoms with Crippen molar-refractivity contribution in [2.24, 2.45) is 16.2 Å². The number of hydrogen-bond acceptors (Lipinski definition) is 7. The molecular weight excluding hydrogens is 446 g/mol. The second kappa shape index (κ2) is 10.4. The van der Waals surface area contributed by atoms with Gasteiger partial charge in [0.2, 0.25) is 0 Å². The Labute approximate surface area is 208 Å². The highest BCUT2D eigenvalue weighted by Crippen LogP contribution is 2.46. The molecule has 7 heteroatoms. The number of aliphatic hydroxyl groups is 1. The quantitative estimate of drug-likeness (QED) is 0.383. The molecule has 0 saturated carbocycles. The molecule has 0 amide bonds. The number of carbonyl (C=O) groups excluding carboxylic acids is 1. The van der Waals surface area contributed by atoms with Gasteiger partial charge in [-0.05, 0) is 55.5 Å². The summed E-state index contributed by atoms with van der Waals surface area (Å²) in [6.07, 6.45) is 8.15. The Bertz CT molecular complexity index is 1070. The minimum absolute atomic E-state index is 0.0237. The summed E-state index contributed by atoms with van der Waals surface area (Å²) in [6, 6.07) is 6.98. The lowest BCUT2D eigenvalue weighted by Gasteiger charge is -2.42. The first-order valence-electron chi connectivity index (χ1n) is 11.4. The van der Waals surface area contributed by atoms with Crippen LogP contribution in [0.2, 0.25) is 0 Å². The number of phenolic OH excluding ortho intramolecular Hbond substituents is 1. The number of ether oxygens (including phenoxy) is 3. The third-order valence-electron chi connectivity index (χ3n) is 6.89. The Balaban J connectivity index is 2.40.